The van der Waals surface area contributed by atoms with Gasteiger partial charge in [-0.1, -0.05) is 0 Å². The maximum Gasteiger partial charge on any atom is 0.220 e. The fraction of sp³-hybridized carbons (Fsp3) is 0.923. The summed E-state index contributed by atoms with van der Waals surface area (Å²) in [6, 6.07) is 0. The summed E-state index contributed by atoms with van der Waals surface area (Å²) in [6.45, 7) is 9.13. The Hall–Kier alpha value is -0.610. The predicted octanol–water partition coefficient (Wildman–Crippen LogP) is 1.04. The van der Waals surface area contributed by atoms with Crippen molar-refractivity contribution in [3.8, 4) is 0 Å². The number of carbonyl (C=O) groups is 1. The van der Waals surface area contributed by atoms with Gasteiger partial charge in [-0.3, -0.25) is 4.79 Å². The van der Waals surface area contributed by atoms with Crippen molar-refractivity contribution in [2.24, 2.45) is 5.92 Å². The molecule has 0 aromatic heterocycles. The van der Waals surface area contributed by atoms with Crippen molar-refractivity contribution in [1.82, 2.24) is 10.6 Å². The van der Waals surface area contributed by atoms with Gasteiger partial charge in [-0.15, -0.1) is 0 Å². The lowest BCUT2D eigenvalue weighted by molar-refractivity contribution is -0.127. The highest BCUT2D eigenvalue weighted by molar-refractivity contribution is 5.77. The number of hydrogen-bond donors (Lipinski definition) is 3. The van der Waals surface area contributed by atoms with Crippen molar-refractivity contribution in [3.63, 3.8) is 0 Å². The standard InChI is InChI=1S/C13H26N2O2/c1-12(2,13(3,4)17)15-11(16)8-10-6-5-7-14-9-10/h10,14,17H,5-9H2,1-4H3,(H,15,16). The summed E-state index contributed by atoms with van der Waals surface area (Å²) < 4.78 is 0. The van der Waals surface area contributed by atoms with E-state index in [1.807, 2.05) is 13.8 Å². The second-order valence-corrected chi connectivity index (χ2v) is 6.15. The number of nitrogens with one attached hydrogen (secondary N) is 2. The summed E-state index contributed by atoms with van der Waals surface area (Å²) in [5.74, 6) is 0.465. The molecule has 0 radical (unpaired) electrons. The topological polar surface area (TPSA) is 61.4 Å². The van der Waals surface area contributed by atoms with Gasteiger partial charge in [-0.25, -0.2) is 0 Å². The lowest BCUT2D eigenvalue weighted by Gasteiger charge is -2.38. The summed E-state index contributed by atoms with van der Waals surface area (Å²) in [5.41, 5.74) is -1.53. The average molecular weight is 242 g/mol. The molecule has 17 heavy (non-hydrogen) atoms. The molecular weight excluding hydrogens is 216 g/mol. The van der Waals surface area contributed by atoms with E-state index in [2.05, 4.69) is 10.6 Å². The minimum absolute atomic E-state index is 0.0332. The number of carbonyl (C=O) groups excluding carboxylic acids is 1. The first-order valence-corrected chi connectivity index (χ1v) is 6.46. The maximum atomic E-state index is 11.9. The molecule has 1 aliphatic heterocycles. The van der Waals surface area contributed by atoms with E-state index in [4.69, 9.17) is 0 Å². The quantitative estimate of drug-likeness (QED) is 0.690. The van der Waals surface area contributed by atoms with Gasteiger partial charge in [0.1, 0.15) is 0 Å². The molecule has 0 aromatic carbocycles. The van der Waals surface area contributed by atoms with Gasteiger partial charge in [0.25, 0.3) is 0 Å². The summed E-state index contributed by atoms with van der Waals surface area (Å²) in [6.07, 6.45) is 2.81. The van der Waals surface area contributed by atoms with Crippen LogP contribution in [0.1, 0.15) is 47.0 Å². The fourth-order valence-corrected chi connectivity index (χ4v) is 1.91. The molecule has 0 saturated carbocycles. The Morgan fingerprint density at radius 1 is 1.41 bits per heavy atom. The van der Waals surface area contributed by atoms with Crippen LogP contribution >= 0.6 is 0 Å². The van der Waals surface area contributed by atoms with Crippen molar-refractivity contribution < 1.29 is 9.90 Å². The Bertz CT molecular complexity index is 263. The Balaban J connectivity index is 2.43. The molecule has 0 spiro atoms. The number of amides is 1. The number of piperidine rings is 1. The molecule has 1 aliphatic rings. The Labute approximate surface area is 104 Å². The van der Waals surface area contributed by atoms with Crippen LogP contribution in [0.5, 0.6) is 0 Å². The van der Waals surface area contributed by atoms with E-state index in [0.717, 1.165) is 25.9 Å². The zero-order chi connectivity index (χ0) is 13.1. The molecule has 1 atom stereocenters. The molecule has 0 aromatic rings. The first kappa shape index (κ1) is 14.5. The normalized spacial score (nSPS) is 22.3. The van der Waals surface area contributed by atoms with Crippen LogP contribution in [0, 0.1) is 5.92 Å². The smallest absolute Gasteiger partial charge is 0.220 e. The summed E-state index contributed by atoms with van der Waals surface area (Å²) in [7, 11) is 0. The lowest BCUT2D eigenvalue weighted by atomic mass is 9.85. The van der Waals surface area contributed by atoms with E-state index in [0.29, 0.717) is 12.3 Å². The third-order valence-corrected chi connectivity index (χ3v) is 3.85. The van der Waals surface area contributed by atoms with Gasteiger partial charge >= 0.3 is 0 Å². The first-order valence-electron chi connectivity index (χ1n) is 6.46. The molecule has 0 bridgehead atoms. The highest BCUT2D eigenvalue weighted by atomic mass is 16.3. The molecule has 1 rings (SSSR count). The van der Waals surface area contributed by atoms with Gasteiger partial charge in [0.2, 0.25) is 5.91 Å². The van der Waals surface area contributed by atoms with Gasteiger partial charge in [-0.05, 0) is 59.5 Å². The molecule has 4 nitrogen and oxygen atoms in total. The molecule has 1 fully saturated rings. The predicted molar refractivity (Wildman–Crippen MR) is 68.7 cm³/mol. The highest BCUT2D eigenvalue weighted by Gasteiger charge is 2.36. The largest absolute Gasteiger partial charge is 0.388 e. The molecular formula is C13H26N2O2. The van der Waals surface area contributed by atoms with Crippen LogP contribution in [0.15, 0.2) is 0 Å². The Morgan fingerprint density at radius 2 is 2.06 bits per heavy atom. The van der Waals surface area contributed by atoms with Crippen LogP contribution in [-0.2, 0) is 4.79 Å². The zero-order valence-corrected chi connectivity index (χ0v) is 11.5. The molecule has 3 N–H and O–H groups in total. The van der Waals surface area contributed by atoms with E-state index in [9.17, 15) is 9.90 Å². The van der Waals surface area contributed by atoms with Crippen molar-refractivity contribution in [2.45, 2.75) is 58.1 Å². The van der Waals surface area contributed by atoms with Crippen LogP contribution in [-0.4, -0.2) is 35.2 Å². The van der Waals surface area contributed by atoms with Gasteiger partial charge in [-0.2, -0.15) is 0 Å². The van der Waals surface area contributed by atoms with Gasteiger partial charge in [0.05, 0.1) is 11.1 Å². The highest BCUT2D eigenvalue weighted by Crippen LogP contribution is 2.21. The maximum absolute atomic E-state index is 11.9. The molecule has 100 valence electrons. The van der Waals surface area contributed by atoms with E-state index in [-0.39, 0.29) is 5.91 Å². The molecule has 1 saturated heterocycles. The van der Waals surface area contributed by atoms with Gasteiger partial charge in [0.15, 0.2) is 0 Å². The van der Waals surface area contributed by atoms with E-state index in [1.165, 1.54) is 0 Å². The molecule has 1 heterocycles. The Kier molecular flexibility index (Phi) is 4.55. The third kappa shape index (κ3) is 4.28. The van der Waals surface area contributed by atoms with Crippen molar-refractivity contribution in [3.05, 3.63) is 0 Å². The third-order valence-electron chi connectivity index (χ3n) is 3.85. The summed E-state index contributed by atoms with van der Waals surface area (Å²) in [4.78, 5) is 11.9. The monoisotopic (exact) mass is 242 g/mol. The minimum Gasteiger partial charge on any atom is -0.388 e. The zero-order valence-electron chi connectivity index (χ0n) is 11.5. The average Bonchev–Trinajstić information content (AvgIpc) is 2.16. The fourth-order valence-electron chi connectivity index (χ4n) is 1.91. The molecule has 1 unspecified atom stereocenters. The Morgan fingerprint density at radius 3 is 2.53 bits per heavy atom. The van der Waals surface area contributed by atoms with E-state index < -0.39 is 11.1 Å². The van der Waals surface area contributed by atoms with Crippen LogP contribution in [0.25, 0.3) is 0 Å². The molecule has 0 aliphatic carbocycles. The second kappa shape index (κ2) is 5.36. The van der Waals surface area contributed by atoms with Crippen molar-refractivity contribution in [2.75, 3.05) is 13.1 Å². The van der Waals surface area contributed by atoms with Crippen LogP contribution in [0.4, 0.5) is 0 Å². The van der Waals surface area contributed by atoms with E-state index >= 15 is 0 Å². The van der Waals surface area contributed by atoms with Gasteiger partial charge in [0, 0.05) is 6.42 Å². The number of hydrogen-bond acceptors (Lipinski definition) is 3. The SMILES string of the molecule is CC(C)(O)C(C)(C)NC(=O)CC1CCCNC1. The molecule has 1 amide bonds. The van der Waals surface area contributed by atoms with Crippen LogP contribution < -0.4 is 10.6 Å². The first-order chi connectivity index (χ1) is 7.72. The van der Waals surface area contributed by atoms with Gasteiger partial charge < -0.3 is 15.7 Å². The minimum atomic E-state index is -0.923. The van der Waals surface area contributed by atoms with Crippen molar-refractivity contribution >= 4 is 5.91 Å². The van der Waals surface area contributed by atoms with E-state index in [1.54, 1.807) is 13.8 Å². The summed E-state index contributed by atoms with van der Waals surface area (Å²) >= 11 is 0. The summed E-state index contributed by atoms with van der Waals surface area (Å²) in [5, 5.41) is 16.2. The van der Waals surface area contributed by atoms with Crippen LogP contribution in [0.2, 0.25) is 0 Å². The van der Waals surface area contributed by atoms with Crippen molar-refractivity contribution in [1.29, 1.82) is 0 Å². The molecule has 4 heteroatoms. The number of rotatable bonds is 4. The van der Waals surface area contributed by atoms with Crippen LogP contribution in [0.3, 0.4) is 0 Å². The number of aliphatic hydroxyl groups is 1. The lowest BCUT2D eigenvalue weighted by Crippen LogP contribution is -2.58. The second-order valence-electron chi connectivity index (χ2n) is 6.15.